The highest BCUT2D eigenvalue weighted by Crippen LogP contribution is 2.65. The van der Waals surface area contributed by atoms with E-state index < -0.39 is 5.91 Å². The van der Waals surface area contributed by atoms with Gasteiger partial charge in [-0.3, -0.25) is 19.8 Å². The quantitative estimate of drug-likeness (QED) is 0.660. The molecule has 1 aromatic carbocycles. The number of hydrogen-bond donors (Lipinski definition) is 1. The number of imide groups is 1. The zero-order valence-corrected chi connectivity index (χ0v) is 13.4. The molecule has 122 valence electrons. The van der Waals surface area contributed by atoms with E-state index in [0.29, 0.717) is 22.4 Å². The van der Waals surface area contributed by atoms with E-state index in [-0.39, 0.29) is 35.5 Å². The smallest absolute Gasteiger partial charge is 0.270 e. The second-order valence-electron chi connectivity index (χ2n) is 7.11. The zero-order valence-electron chi connectivity index (χ0n) is 12.7. The molecule has 0 aromatic heterocycles. The Labute approximate surface area is 143 Å². The minimum Gasteiger partial charge on any atom is -0.272 e. The monoisotopic (exact) mass is 342 g/mol. The first kappa shape index (κ1) is 14.2. The SMILES string of the molecule is O=C(NN1C(=O)[C@@H]2[C@H]3C=C[C@@H]([C@@H]4C[C@@H]34)[C@H]2C1=O)c1ccc(Cl)cc1. The van der Waals surface area contributed by atoms with Crippen molar-refractivity contribution in [2.24, 2.45) is 35.5 Å². The number of nitrogens with one attached hydrogen (secondary N) is 1. The summed E-state index contributed by atoms with van der Waals surface area (Å²) in [6, 6.07) is 6.33. The van der Waals surface area contributed by atoms with Gasteiger partial charge in [-0.15, -0.1) is 0 Å². The van der Waals surface area contributed by atoms with Gasteiger partial charge in [0.2, 0.25) is 0 Å². The Hall–Kier alpha value is -2.14. The number of carbonyl (C=O) groups is 3. The highest BCUT2D eigenvalue weighted by atomic mass is 35.5. The third kappa shape index (κ3) is 1.79. The van der Waals surface area contributed by atoms with E-state index in [1.54, 1.807) is 24.3 Å². The van der Waals surface area contributed by atoms with Crippen molar-refractivity contribution in [1.29, 1.82) is 0 Å². The summed E-state index contributed by atoms with van der Waals surface area (Å²) in [5.74, 6) is -0.220. The molecule has 1 N–H and O–H groups in total. The predicted molar refractivity (Wildman–Crippen MR) is 85.5 cm³/mol. The molecule has 4 aliphatic carbocycles. The van der Waals surface area contributed by atoms with Crippen LogP contribution in [-0.2, 0) is 9.59 Å². The second-order valence-corrected chi connectivity index (χ2v) is 7.55. The van der Waals surface area contributed by atoms with Crippen molar-refractivity contribution in [3.8, 4) is 0 Å². The van der Waals surface area contributed by atoms with Crippen LogP contribution in [-0.4, -0.2) is 22.7 Å². The number of hydrogen-bond acceptors (Lipinski definition) is 3. The molecule has 0 spiro atoms. The fourth-order valence-corrected chi connectivity index (χ4v) is 4.96. The van der Waals surface area contributed by atoms with Crippen molar-refractivity contribution in [2.75, 3.05) is 0 Å². The first-order valence-electron chi connectivity index (χ1n) is 8.19. The number of carbonyl (C=O) groups excluding carboxylic acids is 3. The van der Waals surface area contributed by atoms with E-state index in [1.807, 2.05) is 0 Å². The van der Waals surface area contributed by atoms with Crippen molar-refractivity contribution < 1.29 is 14.4 Å². The van der Waals surface area contributed by atoms with Crippen LogP contribution in [0.1, 0.15) is 16.8 Å². The van der Waals surface area contributed by atoms with Crippen LogP contribution in [0.5, 0.6) is 0 Å². The molecule has 3 amide bonds. The van der Waals surface area contributed by atoms with Gasteiger partial charge in [-0.05, 0) is 54.4 Å². The Morgan fingerprint density at radius 2 is 1.54 bits per heavy atom. The normalized spacial score (nSPS) is 38.1. The molecule has 3 fully saturated rings. The molecular weight excluding hydrogens is 328 g/mol. The zero-order chi connectivity index (χ0) is 16.6. The van der Waals surface area contributed by atoms with Gasteiger partial charge >= 0.3 is 0 Å². The highest BCUT2D eigenvalue weighted by Gasteiger charge is 2.67. The van der Waals surface area contributed by atoms with Crippen molar-refractivity contribution >= 4 is 29.3 Å². The number of nitrogens with zero attached hydrogens (tertiary/aromatic N) is 1. The molecule has 6 atom stereocenters. The summed E-state index contributed by atoms with van der Waals surface area (Å²) >= 11 is 5.82. The predicted octanol–water partition coefficient (Wildman–Crippen LogP) is 2.04. The number of amides is 3. The third-order valence-electron chi connectivity index (χ3n) is 5.98. The molecule has 0 unspecified atom stereocenters. The minimum atomic E-state index is -0.475. The van der Waals surface area contributed by atoms with Crippen LogP contribution in [0, 0.1) is 35.5 Å². The number of allylic oxidation sites excluding steroid dienone is 2. The number of benzene rings is 1. The summed E-state index contributed by atoms with van der Waals surface area (Å²) in [4.78, 5) is 37.9. The van der Waals surface area contributed by atoms with Gasteiger partial charge in [0.25, 0.3) is 17.7 Å². The maximum absolute atomic E-state index is 12.8. The molecular formula is C18H15ClN2O3. The van der Waals surface area contributed by atoms with Gasteiger partial charge < -0.3 is 0 Å². The Morgan fingerprint density at radius 1 is 1.00 bits per heavy atom. The molecule has 1 saturated heterocycles. The average Bonchev–Trinajstić information content (AvgIpc) is 3.36. The standard InChI is InChI=1S/C18H15ClN2O3/c19-9-3-1-8(2-4-9)16(22)20-21-17(23)14-10-5-6-11(13-7-12(10)13)15(14)18(21)24/h1-6,10-15H,7H2,(H,20,22)/t10-,11-,12-,13-,14+,15+/m0/s1. The molecule has 5 nitrogen and oxygen atoms in total. The van der Waals surface area contributed by atoms with E-state index in [9.17, 15) is 14.4 Å². The first-order valence-corrected chi connectivity index (χ1v) is 8.57. The summed E-state index contributed by atoms with van der Waals surface area (Å²) in [6.45, 7) is 0. The average molecular weight is 343 g/mol. The highest BCUT2D eigenvalue weighted by molar-refractivity contribution is 6.30. The topological polar surface area (TPSA) is 66.5 Å². The summed E-state index contributed by atoms with van der Waals surface area (Å²) in [5.41, 5.74) is 2.85. The first-order chi connectivity index (χ1) is 11.6. The Bertz CT molecular complexity index is 767. The second kappa shape index (κ2) is 4.70. The van der Waals surface area contributed by atoms with Crippen LogP contribution in [0.4, 0.5) is 0 Å². The van der Waals surface area contributed by atoms with Gasteiger partial charge in [-0.25, -0.2) is 0 Å². The summed E-state index contributed by atoms with van der Waals surface area (Å²) in [6.07, 6.45) is 5.33. The van der Waals surface area contributed by atoms with Crippen LogP contribution in [0.25, 0.3) is 0 Å². The largest absolute Gasteiger partial charge is 0.272 e. The fraction of sp³-hybridized carbons (Fsp3) is 0.389. The third-order valence-corrected chi connectivity index (χ3v) is 6.23. The maximum Gasteiger partial charge on any atom is 0.270 e. The van der Waals surface area contributed by atoms with Gasteiger partial charge in [-0.1, -0.05) is 23.8 Å². The Kier molecular flexibility index (Phi) is 2.78. The lowest BCUT2D eigenvalue weighted by Gasteiger charge is -2.37. The van der Waals surface area contributed by atoms with Crippen LogP contribution >= 0.6 is 11.6 Å². The lowest BCUT2D eigenvalue weighted by molar-refractivity contribution is -0.143. The van der Waals surface area contributed by atoms with Crippen LogP contribution in [0.3, 0.4) is 0 Å². The molecule has 5 aliphatic rings. The molecule has 6 rings (SSSR count). The van der Waals surface area contributed by atoms with E-state index >= 15 is 0 Å². The van der Waals surface area contributed by atoms with E-state index in [1.165, 1.54) is 0 Å². The fourth-order valence-electron chi connectivity index (χ4n) is 4.83. The van der Waals surface area contributed by atoms with Gasteiger partial charge in [0.1, 0.15) is 0 Å². The molecule has 2 saturated carbocycles. The lowest BCUT2D eigenvalue weighted by atomic mass is 9.63. The molecule has 2 bridgehead atoms. The van der Waals surface area contributed by atoms with E-state index in [0.717, 1.165) is 11.4 Å². The van der Waals surface area contributed by atoms with Crippen LogP contribution in [0.2, 0.25) is 5.02 Å². The molecule has 0 radical (unpaired) electrons. The van der Waals surface area contributed by atoms with Crippen molar-refractivity contribution in [2.45, 2.75) is 6.42 Å². The Morgan fingerprint density at radius 3 is 2.08 bits per heavy atom. The molecule has 1 heterocycles. The van der Waals surface area contributed by atoms with Gasteiger partial charge in [0.05, 0.1) is 11.8 Å². The molecule has 1 aliphatic heterocycles. The van der Waals surface area contributed by atoms with E-state index in [2.05, 4.69) is 17.6 Å². The van der Waals surface area contributed by atoms with Gasteiger partial charge in [0, 0.05) is 10.6 Å². The number of hydrazine groups is 1. The van der Waals surface area contributed by atoms with Crippen molar-refractivity contribution in [1.82, 2.24) is 10.4 Å². The van der Waals surface area contributed by atoms with Crippen LogP contribution in [0.15, 0.2) is 36.4 Å². The minimum absolute atomic E-state index is 0.152. The number of rotatable bonds is 2. The summed E-state index contributed by atoms with van der Waals surface area (Å²) in [7, 11) is 0. The van der Waals surface area contributed by atoms with E-state index in [4.69, 9.17) is 11.6 Å². The Balaban J connectivity index is 1.40. The van der Waals surface area contributed by atoms with Crippen molar-refractivity contribution in [3.05, 3.63) is 47.0 Å². The molecule has 6 heteroatoms. The lowest BCUT2D eigenvalue weighted by Crippen LogP contribution is -2.46. The molecule has 1 aromatic rings. The summed E-state index contributed by atoms with van der Waals surface area (Å²) in [5, 5.41) is 1.47. The summed E-state index contributed by atoms with van der Waals surface area (Å²) < 4.78 is 0. The van der Waals surface area contributed by atoms with Gasteiger partial charge in [-0.2, -0.15) is 5.01 Å². The van der Waals surface area contributed by atoms with Crippen molar-refractivity contribution in [3.63, 3.8) is 0 Å². The number of halogens is 1. The van der Waals surface area contributed by atoms with Crippen LogP contribution < -0.4 is 5.43 Å². The molecule has 24 heavy (non-hydrogen) atoms. The maximum atomic E-state index is 12.8. The van der Waals surface area contributed by atoms with Gasteiger partial charge in [0.15, 0.2) is 0 Å².